The highest BCUT2D eigenvalue weighted by Gasteiger charge is 2.30. The van der Waals surface area contributed by atoms with Crippen LogP contribution >= 0.6 is 11.6 Å². The lowest BCUT2D eigenvalue weighted by molar-refractivity contribution is 0.0920. The first-order chi connectivity index (χ1) is 14.4. The molecule has 3 aromatic carbocycles. The van der Waals surface area contributed by atoms with Crippen molar-refractivity contribution in [2.45, 2.75) is 6.92 Å². The Labute approximate surface area is 177 Å². The summed E-state index contributed by atoms with van der Waals surface area (Å²) in [6, 6.07) is 15.6. The number of Topliss-reactive ketones (excluding diaryl/α,β-unsaturated/α-hetero) is 2. The summed E-state index contributed by atoms with van der Waals surface area (Å²) in [6.07, 6.45) is 1.56. The molecule has 150 valence electrons. The molecule has 0 bridgehead atoms. The summed E-state index contributed by atoms with van der Waals surface area (Å²) in [6.45, 7) is 1.61. The van der Waals surface area contributed by atoms with Gasteiger partial charge in [-0.05, 0) is 66.6 Å². The quantitative estimate of drug-likeness (QED) is 0.393. The van der Waals surface area contributed by atoms with E-state index in [0.29, 0.717) is 38.8 Å². The number of carbonyl (C=O) groups is 2. The van der Waals surface area contributed by atoms with Gasteiger partial charge in [0.05, 0.1) is 5.56 Å². The smallest absolute Gasteiger partial charge is 0.232 e. The van der Waals surface area contributed by atoms with Gasteiger partial charge in [-0.1, -0.05) is 23.7 Å². The van der Waals surface area contributed by atoms with Crippen LogP contribution in [0, 0.1) is 12.7 Å². The van der Waals surface area contributed by atoms with Crippen LogP contribution in [-0.4, -0.2) is 18.2 Å². The van der Waals surface area contributed by atoms with Crippen molar-refractivity contribution in [1.82, 2.24) is 0 Å². The second kappa shape index (κ2) is 8.13. The second-order valence-electron chi connectivity index (χ2n) is 6.82. The van der Waals surface area contributed by atoms with E-state index in [0.717, 1.165) is 0 Å². The summed E-state index contributed by atoms with van der Waals surface area (Å²) in [7, 11) is 0. The fourth-order valence-corrected chi connectivity index (χ4v) is 3.27. The number of ketones is 2. The standard InChI is InChI=1S/C24H16ClFO4/c1-14-10-19(29-13-20(27)16-4-6-17(25)7-5-16)12-21-23(14)24(28)22(30-21)11-15-2-8-18(26)9-3-15/h2-12H,13H2,1H3/b22-11-. The second-order valence-corrected chi connectivity index (χ2v) is 7.26. The fraction of sp³-hybridized carbons (Fsp3) is 0.0833. The number of aryl methyl sites for hydroxylation is 1. The lowest BCUT2D eigenvalue weighted by Crippen LogP contribution is -2.11. The molecule has 0 saturated heterocycles. The molecule has 0 aliphatic carbocycles. The van der Waals surface area contributed by atoms with E-state index in [1.807, 2.05) is 0 Å². The van der Waals surface area contributed by atoms with Crippen LogP contribution in [0.25, 0.3) is 6.08 Å². The summed E-state index contributed by atoms with van der Waals surface area (Å²) in [5.41, 5.74) is 2.26. The zero-order valence-corrected chi connectivity index (χ0v) is 16.7. The van der Waals surface area contributed by atoms with E-state index >= 15 is 0 Å². The Morgan fingerprint density at radius 3 is 2.50 bits per heavy atom. The van der Waals surface area contributed by atoms with Crippen molar-refractivity contribution in [1.29, 1.82) is 0 Å². The molecule has 4 rings (SSSR count). The van der Waals surface area contributed by atoms with E-state index in [-0.39, 0.29) is 29.7 Å². The number of fused-ring (bicyclic) bond motifs is 1. The highest BCUT2D eigenvalue weighted by Crippen LogP contribution is 2.37. The van der Waals surface area contributed by atoms with E-state index in [9.17, 15) is 14.0 Å². The zero-order chi connectivity index (χ0) is 21.3. The summed E-state index contributed by atoms with van der Waals surface area (Å²) >= 11 is 5.84. The van der Waals surface area contributed by atoms with Crippen molar-refractivity contribution in [3.63, 3.8) is 0 Å². The Morgan fingerprint density at radius 1 is 1.10 bits per heavy atom. The van der Waals surface area contributed by atoms with Gasteiger partial charge >= 0.3 is 0 Å². The minimum atomic E-state index is -0.357. The van der Waals surface area contributed by atoms with Gasteiger partial charge in [0.25, 0.3) is 0 Å². The first-order valence-corrected chi connectivity index (χ1v) is 9.54. The van der Waals surface area contributed by atoms with E-state index in [1.54, 1.807) is 61.5 Å². The number of carbonyl (C=O) groups excluding carboxylic acids is 2. The van der Waals surface area contributed by atoms with Crippen molar-refractivity contribution < 1.29 is 23.5 Å². The highest BCUT2D eigenvalue weighted by molar-refractivity contribution is 6.30. The number of halogens is 2. The summed E-state index contributed by atoms with van der Waals surface area (Å²) in [5, 5.41) is 0.549. The van der Waals surface area contributed by atoms with Gasteiger partial charge < -0.3 is 9.47 Å². The molecule has 1 aliphatic rings. The first-order valence-electron chi connectivity index (χ1n) is 9.17. The predicted octanol–water partition coefficient (Wildman–Crippen LogP) is 5.67. The van der Waals surface area contributed by atoms with Crippen LogP contribution in [0.2, 0.25) is 5.02 Å². The maximum atomic E-state index is 13.1. The van der Waals surface area contributed by atoms with Crippen molar-refractivity contribution in [3.8, 4) is 11.5 Å². The van der Waals surface area contributed by atoms with Crippen LogP contribution in [0.1, 0.15) is 31.8 Å². The minimum Gasteiger partial charge on any atom is -0.485 e. The molecule has 1 heterocycles. The normalized spacial score (nSPS) is 13.8. The van der Waals surface area contributed by atoms with Crippen molar-refractivity contribution in [2.24, 2.45) is 0 Å². The van der Waals surface area contributed by atoms with Crippen molar-refractivity contribution >= 4 is 29.2 Å². The lowest BCUT2D eigenvalue weighted by Gasteiger charge is -2.09. The molecule has 0 atom stereocenters. The molecule has 0 fully saturated rings. The van der Waals surface area contributed by atoms with Crippen LogP contribution in [0.5, 0.6) is 11.5 Å². The Hall–Kier alpha value is -3.44. The number of ether oxygens (including phenoxy) is 2. The molecule has 1 aliphatic heterocycles. The molecule has 0 N–H and O–H groups in total. The molecule has 0 amide bonds. The van der Waals surface area contributed by atoms with Crippen molar-refractivity contribution in [3.05, 3.63) is 99.5 Å². The van der Waals surface area contributed by atoms with E-state index in [2.05, 4.69) is 0 Å². The zero-order valence-electron chi connectivity index (χ0n) is 15.9. The SMILES string of the molecule is Cc1cc(OCC(=O)c2ccc(Cl)cc2)cc2c1C(=O)/C(=C/c1ccc(F)cc1)O2. The Kier molecular flexibility index (Phi) is 5.38. The van der Waals surface area contributed by atoms with Gasteiger partial charge in [0.15, 0.2) is 18.1 Å². The van der Waals surface area contributed by atoms with E-state index in [1.165, 1.54) is 12.1 Å². The van der Waals surface area contributed by atoms with E-state index in [4.69, 9.17) is 21.1 Å². The Morgan fingerprint density at radius 2 is 1.80 bits per heavy atom. The number of hydrogen-bond donors (Lipinski definition) is 0. The molecule has 0 saturated carbocycles. The Bertz CT molecular complexity index is 1170. The molecule has 0 radical (unpaired) electrons. The monoisotopic (exact) mass is 422 g/mol. The molecule has 0 aromatic heterocycles. The number of allylic oxidation sites excluding steroid dienone is 1. The highest BCUT2D eigenvalue weighted by atomic mass is 35.5. The fourth-order valence-electron chi connectivity index (χ4n) is 3.14. The van der Waals surface area contributed by atoms with Gasteiger partial charge in [-0.15, -0.1) is 0 Å². The largest absolute Gasteiger partial charge is 0.485 e. The maximum Gasteiger partial charge on any atom is 0.232 e. The average Bonchev–Trinajstić information content (AvgIpc) is 3.04. The number of hydrogen-bond acceptors (Lipinski definition) is 4. The summed E-state index contributed by atoms with van der Waals surface area (Å²) in [4.78, 5) is 25.0. The third-order valence-electron chi connectivity index (χ3n) is 4.65. The molecule has 30 heavy (non-hydrogen) atoms. The van der Waals surface area contributed by atoms with Crippen LogP contribution < -0.4 is 9.47 Å². The van der Waals surface area contributed by atoms with Gasteiger partial charge in [0.1, 0.15) is 17.3 Å². The molecule has 6 heteroatoms. The molecule has 4 nitrogen and oxygen atoms in total. The lowest BCUT2D eigenvalue weighted by atomic mass is 10.0. The molecule has 0 unspecified atom stereocenters. The number of rotatable bonds is 5. The predicted molar refractivity (Wildman–Crippen MR) is 112 cm³/mol. The van der Waals surface area contributed by atoms with Crippen LogP contribution in [-0.2, 0) is 0 Å². The minimum absolute atomic E-state index is 0.147. The number of benzene rings is 3. The average molecular weight is 423 g/mol. The van der Waals surface area contributed by atoms with Gasteiger partial charge in [0.2, 0.25) is 5.78 Å². The molecule has 3 aromatic rings. The molecular weight excluding hydrogens is 407 g/mol. The van der Waals surface area contributed by atoms with Crippen molar-refractivity contribution in [2.75, 3.05) is 6.61 Å². The molecule has 0 spiro atoms. The third-order valence-corrected chi connectivity index (χ3v) is 4.90. The van der Waals surface area contributed by atoms with Gasteiger partial charge in [-0.3, -0.25) is 9.59 Å². The Balaban J connectivity index is 1.51. The van der Waals surface area contributed by atoms with Gasteiger partial charge in [0, 0.05) is 16.7 Å². The topological polar surface area (TPSA) is 52.6 Å². The third kappa shape index (κ3) is 4.11. The van der Waals surface area contributed by atoms with Gasteiger partial charge in [-0.25, -0.2) is 4.39 Å². The van der Waals surface area contributed by atoms with Crippen LogP contribution in [0.4, 0.5) is 4.39 Å². The van der Waals surface area contributed by atoms with Gasteiger partial charge in [-0.2, -0.15) is 0 Å². The molecular formula is C24H16ClFO4. The maximum absolute atomic E-state index is 13.1. The summed E-state index contributed by atoms with van der Waals surface area (Å²) in [5.74, 6) is 0.125. The summed E-state index contributed by atoms with van der Waals surface area (Å²) < 4.78 is 24.4. The first kappa shape index (κ1) is 19.9. The van der Waals surface area contributed by atoms with E-state index < -0.39 is 0 Å². The van der Waals surface area contributed by atoms with Crippen LogP contribution in [0.15, 0.2) is 66.4 Å². The van der Waals surface area contributed by atoms with Crippen LogP contribution in [0.3, 0.4) is 0 Å².